The molecule has 40 valence electrons. The zero-order valence-corrected chi connectivity index (χ0v) is 3.21. The normalized spacial score (nSPS) is 10.0. The molecule has 0 aliphatic carbocycles. The molecular formula is HF2NaO3S. The van der Waals surface area contributed by atoms with E-state index in [1.54, 1.807) is 4.39 Å². The maximum atomic E-state index is 10.5. The van der Waals surface area contributed by atoms with Gasteiger partial charge in [-0.05, 0) is 8.91 Å². The molecule has 0 aromatic heterocycles. The minimum absolute atomic E-state index is 0. The van der Waals surface area contributed by atoms with Crippen molar-refractivity contribution in [2.45, 2.75) is 0 Å². The van der Waals surface area contributed by atoms with Crippen molar-refractivity contribution in [3.63, 3.8) is 0 Å². The quantitative estimate of drug-likeness (QED) is 0.364. The Labute approximate surface area is 61.3 Å². The van der Waals surface area contributed by atoms with Gasteiger partial charge in [-0.2, -0.15) is 8.42 Å². The van der Waals surface area contributed by atoms with Crippen molar-refractivity contribution in [2.24, 2.45) is 0 Å². The van der Waals surface area contributed by atoms with Crippen LogP contribution in [0.3, 0.4) is 0 Å². The van der Waals surface area contributed by atoms with E-state index in [9.17, 15) is 8.41 Å². The van der Waals surface area contributed by atoms with Crippen LogP contribution in [-0.4, -0.2) is 38.0 Å². The summed E-state index contributed by atoms with van der Waals surface area (Å²) in [5.74, 6) is 0. The van der Waals surface area contributed by atoms with Crippen molar-refractivity contribution in [1.29, 1.82) is 0 Å². The summed E-state index contributed by atoms with van der Waals surface area (Å²) in [6.07, 6.45) is 0. The van der Waals surface area contributed by atoms with E-state index in [4.69, 9.17) is 8.42 Å². The van der Waals surface area contributed by atoms with Crippen LogP contribution in [-0.2, 0) is 14.9 Å². The maximum absolute atomic E-state index is 10.5. The summed E-state index contributed by atoms with van der Waals surface area (Å²) in [6.45, 7) is 0. The Morgan fingerprint density at radius 1 is 1.43 bits per heavy atom. The first-order valence-corrected chi connectivity index (χ1v) is 2.12. The summed E-state index contributed by atoms with van der Waals surface area (Å²) in [5, 5.41) is 0. The molecule has 0 radical (unpaired) electrons. The van der Waals surface area contributed by atoms with Gasteiger partial charge in [-0.25, -0.2) is 0 Å². The molecule has 0 aliphatic rings. The molecule has 0 atom stereocenters. The number of hydrogen-bond acceptors (Lipinski definition) is 3. The van der Waals surface area contributed by atoms with Gasteiger partial charge < -0.3 is 0 Å². The molecule has 0 spiro atoms. The summed E-state index contributed by atoms with van der Waals surface area (Å²) < 4.78 is 39.7. The van der Waals surface area contributed by atoms with Crippen molar-refractivity contribution in [3.8, 4) is 0 Å². The van der Waals surface area contributed by atoms with Gasteiger partial charge in [0.2, 0.25) is 0 Å². The monoisotopic (exact) mass is 142 g/mol. The first-order chi connectivity index (χ1) is 2.56. The molecule has 0 heterocycles. The van der Waals surface area contributed by atoms with Crippen LogP contribution in [0.25, 0.3) is 0 Å². The van der Waals surface area contributed by atoms with E-state index in [2.05, 4.69) is 0 Å². The molecule has 7 heavy (non-hydrogen) atoms. The third kappa shape index (κ3) is 10.8. The molecule has 0 saturated heterocycles. The third-order valence-corrected chi connectivity index (χ3v) is 0.226. The van der Waals surface area contributed by atoms with Crippen LogP contribution in [0.1, 0.15) is 0 Å². The van der Waals surface area contributed by atoms with Crippen molar-refractivity contribution in [1.82, 2.24) is 0 Å². The van der Waals surface area contributed by atoms with E-state index in [0.717, 1.165) is 0 Å². The standard InChI is InChI=1S/F2O3S.Na.H/c1-5-6(2,3)4;;. The van der Waals surface area contributed by atoms with Crippen molar-refractivity contribution >= 4 is 40.1 Å². The molecule has 0 aromatic rings. The molecule has 0 bridgehead atoms. The average Bonchev–Trinajstić information content (AvgIpc) is 1.35. The van der Waals surface area contributed by atoms with E-state index < -0.39 is 10.5 Å². The zero-order valence-electron chi connectivity index (χ0n) is 2.39. The fourth-order valence-electron chi connectivity index (χ4n) is 0. The molecule has 0 unspecified atom stereocenters. The summed E-state index contributed by atoms with van der Waals surface area (Å²) >= 11 is 0. The SMILES string of the molecule is O=S(=O)(F)OF.[NaH]. The van der Waals surface area contributed by atoms with Crippen LogP contribution in [0.5, 0.6) is 0 Å². The van der Waals surface area contributed by atoms with Gasteiger partial charge >= 0.3 is 40.1 Å². The van der Waals surface area contributed by atoms with Gasteiger partial charge in [-0.15, -0.1) is 0 Å². The van der Waals surface area contributed by atoms with Gasteiger partial charge in [0.05, 0.1) is 0 Å². The fourth-order valence-corrected chi connectivity index (χ4v) is 0. The Morgan fingerprint density at radius 3 is 1.57 bits per heavy atom. The fraction of sp³-hybridized carbons (Fsp3) is 0. The summed E-state index contributed by atoms with van der Waals surface area (Å²) in [4.78, 5) is 0. The molecule has 7 heteroatoms. The summed E-state index contributed by atoms with van der Waals surface area (Å²) in [5.41, 5.74) is 0. The zero-order chi connectivity index (χ0) is 5.21. The van der Waals surface area contributed by atoms with E-state index in [-0.39, 0.29) is 29.6 Å². The first-order valence-electron chi connectivity index (χ1n) is 0.809. The molecule has 0 amide bonds. The van der Waals surface area contributed by atoms with Crippen LogP contribution in [0, 0.1) is 0 Å². The molecule has 0 rings (SSSR count). The van der Waals surface area contributed by atoms with Crippen molar-refractivity contribution in [3.05, 3.63) is 0 Å². The second-order valence-electron chi connectivity index (χ2n) is 0.456. The minimum atomic E-state index is -5.33. The number of halogens is 2. The Bertz CT molecular complexity index is 115. The van der Waals surface area contributed by atoms with Crippen molar-refractivity contribution < 1.29 is 21.2 Å². The molecule has 3 nitrogen and oxygen atoms in total. The second-order valence-corrected chi connectivity index (χ2v) is 1.37. The number of hydrogen-bond donors (Lipinski definition) is 0. The van der Waals surface area contributed by atoms with Gasteiger partial charge in [0, 0.05) is 0 Å². The molecule has 0 saturated carbocycles. The van der Waals surface area contributed by atoms with Gasteiger partial charge in [0.15, 0.2) is 0 Å². The molecule has 0 N–H and O–H groups in total. The van der Waals surface area contributed by atoms with E-state index in [0.29, 0.717) is 0 Å². The third-order valence-electron chi connectivity index (χ3n) is 0.0752. The van der Waals surface area contributed by atoms with Gasteiger partial charge in [0.1, 0.15) is 0 Å². The molecule has 0 fully saturated rings. The predicted octanol–water partition coefficient (Wildman–Crippen LogP) is -0.547. The van der Waals surface area contributed by atoms with E-state index >= 15 is 0 Å². The Hall–Kier alpha value is 0.770. The van der Waals surface area contributed by atoms with Crippen LogP contribution < -0.4 is 0 Å². The van der Waals surface area contributed by atoms with Gasteiger partial charge in [0.25, 0.3) is 0 Å². The topological polar surface area (TPSA) is 43.4 Å². The van der Waals surface area contributed by atoms with Crippen molar-refractivity contribution in [2.75, 3.05) is 0 Å². The Balaban J connectivity index is 0. The van der Waals surface area contributed by atoms with Gasteiger partial charge in [-0.3, -0.25) is 0 Å². The molecule has 0 aliphatic heterocycles. The number of rotatable bonds is 1. The van der Waals surface area contributed by atoms with Crippen LogP contribution in [0.2, 0.25) is 0 Å². The van der Waals surface area contributed by atoms with Gasteiger partial charge in [-0.1, -0.05) is 3.89 Å². The second kappa shape index (κ2) is 3.73. The summed E-state index contributed by atoms with van der Waals surface area (Å²) in [6, 6.07) is 0. The molecule has 0 aromatic carbocycles. The first kappa shape index (κ1) is 10.7. The van der Waals surface area contributed by atoms with Crippen LogP contribution >= 0.6 is 0 Å². The average molecular weight is 142 g/mol. The molecular weight excluding hydrogens is 141 g/mol. The predicted molar refractivity (Wildman–Crippen MR) is 19.4 cm³/mol. The van der Waals surface area contributed by atoms with E-state index in [1.807, 2.05) is 0 Å². The van der Waals surface area contributed by atoms with E-state index in [1.165, 1.54) is 0 Å². The Morgan fingerprint density at radius 2 is 1.57 bits per heavy atom. The Kier molecular flexibility index (Phi) is 5.70. The van der Waals surface area contributed by atoms with Crippen LogP contribution in [0.4, 0.5) is 8.41 Å². The van der Waals surface area contributed by atoms with Crippen LogP contribution in [0.15, 0.2) is 0 Å². The summed E-state index contributed by atoms with van der Waals surface area (Å²) in [7, 11) is -5.33.